The van der Waals surface area contributed by atoms with Gasteiger partial charge >= 0.3 is 0 Å². The highest BCUT2D eigenvalue weighted by Gasteiger charge is 2.35. The molecule has 0 heterocycles. The lowest BCUT2D eigenvalue weighted by atomic mass is 10.7. The van der Waals surface area contributed by atoms with E-state index in [1.54, 1.807) is 0 Å². The average molecular weight is 331 g/mol. The van der Waals surface area contributed by atoms with Gasteiger partial charge in [-0.3, -0.25) is 0 Å². The Balaban J connectivity index is 0. The molecule has 0 fully saturated rings. The van der Waals surface area contributed by atoms with Gasteiger partial charge in [0.15, 0.2) is 7.51 Å². The number of hydrogen-bond acceptors (Lipinski definition) is 1. The molecule has 0 aliphatic rings. The van der Waals surface area contributed by atoms with Gasteiger partial charge in [0.25, 0.3) is 0 Å². The average Bonchev–Trinajstić information content (AvgIpc) is 2.41. The summed E-state index contributed by atoms with van der Waals surface area (Å²) >= 11 is 0. The van der Waals surface area contributed by atoms with Crippen LogP contribution in [-0.2, 0) is 0 Å². The summed E-state index contributed by atoms with van der Waals surface area (Å²) in [7, 11) is 0.935. The molecule has 7 heteroatoms. The van der Waals surface area contributed by atoms with Crippen molar-refractivity contribution in [3.05, 3.63) is 0 Å². The minimum atomic E-state index is -1.72. The predicted octanol–water partition coefficient (Wildman–Crippen LogP) is 4.17. The molecule has 0 aromatic heterocycles. The normalized spacial score (nSPS) is 12.1. The van der Waals surface area contributed by atoms with Crippen molar-refractivity contribution in [2.75, 3.05) is 39.3 Å². The summed E-state index contributed by atoms with van der Waals surface area (Å²) in [6.07, 6.45) is 0. The van der Waals surface area contributed by atoms with Gasteiger partial charge in [-0.2, -0.15) is 0 Å². The Morgan fingerprint density at radius 1 is 0.684 bits per heavy atom. The second-order valence-corrected chi connectivity index (χ2v) is 7.76. The molecule has 0 bridgehead atoms. The molecule has 0 saturated heterocycles. The highest BCUT2D eigenvalue weighted by molar-refractivity contribution is 7.62. The maximum absolute atomic E-state index is 4.85. The Bertz CT molecular complexity index is 226. The number of nitrogens with zero attached hydrogens (tertiary/aromatic N) is 4. The SMILES string of the molecule is CCN(CC)P(=NP)(N(CC)CC)N(CC)CC.Cl. The van der Waals surface area contributed by atoms with Gasteiger partial charge in [-0.25, -0.2) is 18.5 Å². The van der Waals surface area contributed by atoms with Crippen LogP contribution in [0.3, 0.4) is 0 Å². The van der Waals surface area contributed by atoms with Crippen molar-refractivity contribution in [1.82, 2.24) is 14.0 Å². The fourth-order valence-corrected chi connectivity index (χ4v) is 7.67. The second-order valence-electron chi connectivity index (χ2n) is 4.07. The van der Waals surface area contributed by atoms with Crippen molar-refractivity contribution in [3.8, 4) is 0 Å². The van der Waals surface area contributed by atoms with E-state index in [0.29, 0.717) is 0 Å². The first-order valence-corrected chi connectivity index (χ1v) is 9.31. The standard InChI is InChI=1S/C12H32N4P2.ClH/c1-7-14(8-2)18(13-17,15(9-3)10-4)16(11-5)12-6;/h7-12,17H2,1-6H3;1H. The van der Waals surface area contributed by atoms with Gasteiger partial charge in [-0.05, 0) is 9.39 Å². The lowest BCUT2D eigenvalue weighted by Crippen LogP contribution is -2.41. The van der Waals surface area contributed by atoms with Gasteiger partial charge in [0.1, 0.15) is 0 Å². The Hall–Kier alpha value is 0.830. The third-order valence-corrected chi connectivity index (χ3v) is 8.70. The molecule has 0 aliphatic carbocycles. The third-order valence-electron chi connectivity index (χ3n) is 3.48. The molecular weight excluding hydrogens is 298 g/mol. The van der Waals surface area contributed by atoms with Crippen LogP contribution in [-0.4, -0.2) is 53.3 Å². The first-order valence-electron chi connectivity index (χ1n) is 7.20. The Morgan fingerprint density at radius 2 is 0.895 bits per heavy atom. The van der Waals surface area contributed by atoms with Crippen LogP contribution in [0.4, 0.5) is 0 Å². The van der Waals surface area contributed by atoms with Crippen LogP contribution in [0.5, 0.6) is 0 Å². The zero-order valence-corrected chi connectivity index (χ0v) is 16.3. The summed E-state index contributed by atoms with van der Waals surface area (Å²) in [5, 5.41) is 0. The summed E-state index contributed by atoms with van der Waals surface area (Å²) in [4.78, 5) is 0. The molecule has 0 amide bonds. The van der Waals surface area contributed by atoms with E-state index < -0.39 is 7.51 Å². The minimum Gasteiger partial charge on any atom is -0.246 e. The fourth-order valence-electron chi connectivity index (χ4n) is 2.56. The van der Waals surface area contributed by atoms with Crippen molar-refractivity contribution < 1.29 is 0 Å². The summed E-state index contributed by atoms with van der Waals surface area (Å²) in [5.41, 5.74) is 0. The van der Waals surface area contributed by atoms with E-state index in [1.165, 1.54) is 0 Å². The maximum Gasteiger partial charge on any atom is 0.170 e. The smallest absolute Gasteiger partial charge is 0.170 e. The number of rotatable bonds is 9. The quantitative estimate of drug-likeness (QED) is 0.592. The largest absolute Gasteiger partial charge is 0.246 e. The molecule has 1 atom stereocenters. The molecular formula is C12H33ClN4P2. The fraction of sp³-hybridized carbons (Fsp3) is 1.00. The molecule has 0 N–H and O–H groups in total. The van der Waals surface area contributed by atoms with E-state index in [9.17, 15) is 0 Å². The Labute approximate surface area is 129 Å². The van der Waals surface area contributed by atoms with Crippen molar-refractivity contribution in [3.63, 3.8) is 0 Å². The highest BCUT2D eigenvalue weighted by Crippen LogP contribution is 2.59. The third kappa shape index (κ3) is 4.66. The molecule has 0 aliphatic heterocycles. The molecule has 118 valence electrons. The number of halogens is 1. The van der Waals surface area contributed by atoms with Crippen molar-refractivity contribution in [2.45, 2.75) is 41.5 Å². The van der Waals surface area contributed by atoms with Crippen molar-refractivity contribution in [2.24, 2.45) is 4.52 Å². The summed E-state index contributed by atoms with van der Waals surface area (Å²) in [5.74, 6) is 0. The highest BCUT2D eigenvalue weighted by atomic mass is 35.5. The first kappa shape index (κ1) is 22.1. The molecule has 0 radical (unpaired) electrons. The molecule has 0 rings (SSSR count). The van der Waals surface area contributed by atoms with Crippen LogP contribution in [0.1, 0.15) is 41.5 Å². The van der Waals surface area contributed by atoms with Gasteiger partial charge in [0, 0.05) is 39.3 Å². The van der Waals surface area contributed by atoms with Gasteiger partial charge in [-0.1, -0.05) is 41.5 Å². The van der Waals surface area contributed by atoms with Crippen LogP contribution in [0.25, 0.3) is 0 Å². The van der Waals surface area contributed by atoms with Crippen molar-refractivity contribution >= 4 is 29.3 Å². The van der Waals surface area contributed by atoms with Crippen molar-refractivity contribution in [1.29, 1.82) is 0 Å². The second kappa shape index (κ2) is 11.5. The topological polar surface area (TPSA) is 22.1 Å². The predicted molar refractivity (Wildman–Crippen MR) is 95.1 cm³/mol. The monoisotopic (exact) mass is 330 g/mol. The Kier molecular flexibility index (Phi) is 13.4. The van der Waals surface area contributed by atoms with E-state index in [-0.39, 0.29) is 12.4 Å². The Morgan fingerprint density at radius 3 is 1.00 bits per heavy atom. The lowest BCUT2D eigenvalue weighted by Gasteiger charge is -2.48. The lowest BCUT2D eigenvalue weighted by molar-refractivity contribution is 0.341. The van der Waals surface area contributed by atoms with Crippen LogP contribution in [0, 0.1) is 0 Å². The van der Waals surface area contributed by atoms with Crippen LogP contribution in [0.15, 0.2) is 4.52 Å². The molecule has 0 saturated carbocycles. The van der Waals surface area contributed by atoms with Gasteiger partial charge in [-0.15, -0.1) is 12.4 Å². The summed E-state index contributed by atoms with van der Waals surface area (Å²) in [6, 6.07) is 0. The molecule has 4 nitrogen and oxygen atoms in total. The van der Waals surface area contributed by atoms with E-state index in [2.05, 4.69) is 64.9 Å². The van der Waals surface area contributed by atoms with Crippen LogP contribution >= 0.6 is 29.3 Å². The van der Waals surface area contributed by atoms with Gasteiger partial charge in [0.2, 0.25) is 0 Å². The molecule has 0 aromatic carbocycles. The molecule has 0 aromatic rings. The van der Waals surface area contributed by atoms with E-state index in [4.69, 9.17) is 4.52 Å². The zero-order chi connectivity index (χ0) is 14.2. The maximum atomic E-state index is 4.85. The molecule has 19 heavy (non-hydrogen) atoms. The van der Waals surface area contributed by atoms with Gasteiger partial charge in [0.05, 0.1) is 0 Å². The minimum absolute atomic E-state index is 0. The van der Waals surface area contributed by atoms with E-state index in [0.717, 1.165) is 39.3 Å². The first-order chi connectivity index (χ1) is 8.62. The summed E-state index contributed by atoms with van der Waals surface area (Å²) < 4.78 is 12.5. The van der Waals surface area contributed by atoms with E-state index in [1.807, 2.05) is 0 Å². The van der Waals surface area contributed by atoms with Crippen LogP contribution in [0.2, 0.25) is 0 Å². The van der Waals surface area contributed by atoms with E-state index >= 15 is 0 Å². The zero-order valence-electron chi connectivity index (χ0n) is 13.5. The van der Waals surface area contributed by atoms with Crippen LogP contribution < -0.4 is 0 Å². The molecule has 0 spiro atoms. The molecule has 1 unspecified atom stereocenters. The van der Waals surface area contributed by atoms with Gasteiger partial charge < -0.3 is 0 Å². The number of hydrogen-bond donors (Lipinski definition) is 0. The summed E-state index contributed by atoms with van der Waals surface area (Å²) in [6.45, 7) is 19.7.